The molecule has 0 aromatic rings. The van der Waals surface area contributed by atoms with Crippen LogP contribution in [-0.2, 0) is 4.74 Å². The highest BCUT2D eigenvalue weighted by molar-refractivity contribution is 6.11. The highest BCUT2D eigenvalue weighted by atomic mass is 16.5. The zero-order chi connectivity index (χ0) is 7.72. The summed E-state index contributed by atoms with van der Waals surface area (Å²) in [6.07, 6.45) is -2.43. The number of rotatable bonds is 1. The summed E-state index contributed by atoms with van der Waals surface area (Å²) < 4.78 is 4.98. The average Bonchev–Trinajstić information content (AvgIpc) is 2.17. The quantitative estimate of drug-likeness (QED) is 0.346. The summed E-state index contributed by atoms with van der Waals surface area (Å²) in [5, 5.41) is 26.8. The fourth-order valence-corrected chi connectivity index (χ4v) is 1.09. The highest BCUT2D eigenvalue weighted by Crippen LogP contribution is 2.18. The lowest BCUT2D eigenvalue weighted by molar-refractivity contribution is -0.00875. The molecule has 3 N–H and O–H groups in total. The van der Waals surface area contributed by atoms with Crippen LogP contribution in [0, 0.1) is 0 Å². The van der Waals surface area contributed by atoms with Crippen molar-refractivity contribution in [3.05, 3.63) is 0 Å². The molecule has 58 valence electrons. The lowest BCUT2D eigenvalue weighted by atomic mass is 9.93. The first-order chi connectivity index (χ1) is 4.66. The Labute approximate surface area is 59.8 Å². The fraction of sp³-hybridized carbons (Fsp3) is 1.00. The van der Waals surface area contributed by atoms with Gasteiger partial charge in [-0.05, 0) is 0 Å². The van der Waals surface area contributed by atoms with Crippen molar-refractivity contribution in [3.8, 4) is 0 Å². The van der Waals surface area contributed by atoms with Gasteiger partial charge < -0.3 is 20.1 Å². The van der Waals surface area contributed by atoms with Crippen molar-refractivity contribution in [2.45, 2.75) is 24.3 Å². The molecule has 1 aliphatic heterocycles. The van der Waals surface area contributed by atoms with E-state index < -0.39 is 18.3 Å². The molecule has 0 saturated carbocycles. The Morgan fingerprint density at radius 3 is 2.10 bits per heavy atom. The normalized spacial score (nSPS) is 47.9. The third-order valence-corrected chi connectivity index (χ3v) is 1.78. The number of hydrogen-bond acceptors (Lipinski definition) is 4. The van der Waals surface area contributed by atoms with E-state index in [1.165, 1.54) is 0 Å². The maximum Gasteiger partial charge on any atom is 0.142 e. The van der Waals surface area contributed by atoms with E-state index in [4.69, 9.17) is 20.1 Å². The minimum absolute atomic E-state index is 0.247. The van der Waals surface area contributed by atoms with Crippen molar-refractivity contribution in [3.63, 3.8) is 0 Å². The van der Waals surface area contributed by atoms with Crippen molar-refractivity contribution in [1.82, 2.24) is 0 Å². The van der Waals surface area contributed by atoms with Gasteiger partial charge in [0.25, 0.3) is 0 Å². The van der Waals surface area contributed by atoms with Gasteiger partial charge in [0, 0.05) is 0 Å². The molecular weight excluding hydrogens is 135 g/mol. The summed E-state index contributed by atoms with van der Waals surface area (Å²) in [7, 11) is 1.66. The molecule has 1 heterocycles. The molecule has 0 aromatic heterocycles. The van der Waals surface area contributed by atoms with Crippen LogP contribution in [0.1, 0.15) is 0 Å². The third kappa shape index (κ3) is 1.18. The van der Waals surface area contributed by atoms with E-state index in [0.717, 1.165) is 0 Å². The van der Waals surface area contributed by atoms with Crippen LogP contribution in [0.2, 0.25) is 0 Å². The molecular formula is C5H11BO4. The second-order valence-electron chi connectivity index (χ2n) is 2.54. The molecule has 0 aromatic carbocycles. The largest absolute Gasteiger partial charge is 0.394 e. The van der Waals surface area contributed by atoms with E-state index in [9.17, 15) is 0 Å². The van der Waals surface area contributed by atoms with Gasteiger partial charge in [-0.15, -0.1) is 0 Å². The summed E-state index contributed by atoms with van der Waals surface area (Å²) in [6.45, 7) is -0.247. The fourth-order valence-electron chi connectivity index (χ4n) is 1.09. The number of ether oxygens (including phenoxy) is 1. The van der Waals surface area contributed by atoms with E-state index in [1.807, 2.05) is 0 Å². The molecule has 4 atom stereocenters. The molecule has 10 heavy (non-hydrogen) atoms. The van der Waals surface area contributed by atoms with Crippen LogP contribution in [-0.4, -0.2) is 54.1 Å². The smallest absolute Gasteiger partial charge is 0.142 e. The summed E-state index contributed by atoms with van der Waals surface area (Å²) in [5.74, 6) is 0. The van der Waals surface area contributed by atoms with Gasteiger partial charge in [-0.2, -0.15) is 0 Å². The zero-order valence-electron chi connectivity index (χ0n) is 5.77. The standard InChI is InChI=1S/C5H11BO4/c6-5-4(9)3(8)2(1-7)10-5/h2-5,7-9H,1,6H2/t2?,3-,4?,5+/m0/s1. The molecule has 1 rings (SSSR count). The predicted octanol–water partition coefficient (Wildman–Crippen LogP) is -2.94. The Bertz CT molecular complexity index is 120. The van der Waals surface area contributed by atoms with Crippen molar-refractivity contribution >= 4 is 7.85 Å². The number of hydrogen-bond donors (Lipinski definition) is 3. The summed E-state index contributed by atoms with van der Waals surface area (Å²) in [6, 6.07) is -0.382. The summed E-state index contributed by atoms with van der Waals surface area (Å²) in [5.41, 5.74) is 0. The number of aliphatic hydroxyl groups is 3. The van der Waals surface area contributed by atoms with Crippen LogP contribution in [0.3, 0.4) is 0 Å². The third-order valence-electron chi connectivity index (χ3n) is 1.78. The molecule has 0 amide bonds. The minimum atomic E-state index is -0.944. The Hall–Kier alpha value is -0.0951. The van der Waals surface area contributed by atoms with Gasteiger partial charge in [-0.1, -0.05) is 0 Å². The molecule has 2 unspecified atom stereocenters. The van der Waals surface area contributed by atoms with Gasteiger partial charge >= 0.3 is 0 Å². The van der Waals surface area contributed by atoms with Crippen molar-refractivity contribution < 1.29 is 20.1 Å². The molecule has 0 radical (unpaired) electrons. The first-order valence-electron chi connectivity index (χ1n) is 3.29. The van der Waals surface area contributed by atoms with E-state index in [2.05, 4.69) is 0 Å². The van der Waals surface area contributed by atoms with Gasteiger partial charge in [0.15, 0.2) is 0 Å². The Balaban J connectivity index is 2.53. The molecule has 0 aliphatic carbocycles. The van der Waals surface area contributed by atoms with Gasteiger partial charge in [0.2, 0.25) is 0 Å². The highest BCUT2D eigenvalue weighted by Gasteiger charge is 2.39. The first kappa shape index (κ1) is 8.01. The lowest BCUT2D eigenvalue weighted by Crippen LogP contribution is -2.33. The summed E-state index contributed by atoms with van der Waals surface area (Å²) in [4.78, 5) is 0. The topological polar surface area (TPSA) is 69.9 Å². The molecule has 0 spiro atoms. The Morgan fingerprint density at radius 2 is 1.90 bits per heavy atom. The summed E-state index contributed by atoms with van der Waals surface area (Å²) >= 11 is 0. The zero-order valence-corrected chi connectivity index (χ0v) is 5.77. The second kappa shape index (κ2) is 2.88. The monoisotopic (exact) mass is 146 g/mol. The van der Waals surface area contributed by atoms with Crippen LogP contribution in [0.15, 0.2) is 0 Å². The predicted molar refractivity (Wildman–Crippen MR) is 36.3 cm³/mol. The number of aliphatic hydroxyl groups excluding tert-OH is 3. The Morgan fingerprint density at radius 1 is 1.30 bits per heavy atom. The maximum absolute atomic E-state index is 9.09. The molecule has 1 aliphatic rings. The molecule has 5 heteroatoms. The lowest BCUT2D eigenvalue weighted by Gasteiger charge is -2.10. The molecule has 1 saturated heterocycles. The van der Waals surface area contributed by atoms with Crippen LogP contribution < -0.4 is 0 Å². The van der Waals surface area contributed by atoms with Gasteiger partial charge in [-0.25, -0.2) is 0 Å². The maximum atomic E-state index is 9.09. The average molecular weight is 146 g/mol. The SMILES string of the molecule is B[C@@H]1OC(CO)[C@H](O)C1O. The van der Waals surface area contributed by atoms with Crippen LogP contribution in [0.25, 0.3) is 0 Å². The van der Waals surface area contributed by atoms with E-state index >= 15 is 0 Å². The van der Waals surface area contributed by atoms with E-state index in [0.29, 0.717) is 0 Å². The second-order valence-corrected chi connectivity index (χ2v) is 2.54. The van der Waals surface area contributed by atoms with E-state index in [-0.39, 0.29) is 12.6 Å². The van der Waals surface area contributed by atoms with Gasteiger partial charge in [0.1, 0.15) is 26.2 Å². The van der Waals surface area contributed by atoms with E-state index in [1.54, 1.807) is 7.85 Å². The van der Waals surface area contributed by atoms with Gasteiger partial charge in [-0.3, -0.25) is 0 Å². The van der Waals surface area contributed by atoms with Crippen molar-refractivity contribution in [2.24, 2.45) is 0 Å². The molecule has 4 nitrogen and oxygen atoms in total. The molecule has 1 fully saturated rings. The van der Waals surface area contributed by atoms with Gasteiger partial charge in [0.05, 0.1) is 12.6 Å². The van der Waals surface area contributed by atoms with Crippen molar-refractivity contribution in [2.75, 3.05) is 6.61 Å². The van der Waals surface area contributed by atoms with Crippen LogP contribution >= 0.6 is 0 Å². The van der Waals surface area contributed by atoms with Crippen LogP contribution in [0.5, 0.6) is 0 Å². The molecule has 0 bridgehead atoms. The minimum Gasteiger partial charge on any atom is -0.394 e. The van der Waals surface area contributed by atoms with Crippen molar-refractivity contribution in [1.29, 1.82) is 0 Å². The Kier molecular flexibility index (Phi) is 2.30. The van der Waals surface area contributed by atoms with Crippen LogP contribution in [0.4, 0.5) is 0 Å². The first-order valence-corrected chi connectivity index (χ1v) is 3.29.